The Labute approximate surface area is 98.3 Å². The second-order valence-corrected chi connectivity index (χ2v) is 4.87. The van der Waals surface area contributed by atoms with Gasteiger partial charge in [0.05, 0.1) is 0 Å². The van der Waals surface area contributed by atoms with E-state index in [0.717, 1.165) is 5.56 Å². The third kappa shape index (κ3) is 1.63. The molecule has 2 nitrogen and oxygen atoms in total. The molecule has 0 bridgehead atoms. The lowest BCUT2D eigenvalue weighted by Crippen LogP contribution is -2.27. The van der Waals surface area contributed by atoms with Crippen molar-refractivity contribution in [2.45, 2.75) is 37.5 Å². The highest BCUT2D eigenvalue weighted by molar-refractivity contribution is 5.87. The summed E-state index contributed by atoms with van der Waals surface area (Å²) in [6, 6.07) is 6.52. The summed E-state index contributed by atoms with van der Waals surface area (Å²) in [5.74, 6) is -4.38. The topological polar surface area (TPSA) is 37.3 Å². The van der Waals surface area contributed by atoms with Gasteiger partial charge in [-0.1, -0.05) is 38.1 Å². The van der Waals surface area contributed by atoms with E-state index in [2.05, 4.69) is 0 Å². The van der Waals surface area contributed by atoms with Crippen molar-refractivity contribution in [3.63, 3.8) is 0 Å². The predicted octanol–water partition coefficient (Wildman–Crippen LogP) is 3.17. The minimum absolute atomic E-state index is 0.188. The number of rotatable bonds is 3. The normalized spacial score (nSPS) is 25.9. The Morgan fingerprint density at radius 2 is 2.00 bits per heavy atom. The van der Waals surface area contributed by atoms with Gasteiger partial charge in [-0.3, -0.25) is 4.79 Å². The molecule has 0 aromatic heterocycles. The first-order valence-electron chi connectivity index (χ1n) is 5.53. The Bertz CT molecular complexity index is 468. The van der Waals surface area contributed by atoms with Crippen LogP contribution in [-0.4, -0.2) is 17.0 Å². The Hall–Kier alpha value is -1.45. The molecular formula is C13H14F2O2. The fourth-order valence-electron chi connectivity index (χ4n) is 2.12. The molecule has 4 heteroatoms. The molecule has 1 aromatic carbocycles. The van der Waals surface area contributed by atoms with Crippen LogP contribution in [-0.2, 0) is 10.2 Å². The number of halogens is 2. The summed E-state index contributed by atoms with van der Waals surface area (Å²) < 4.78 is 26.7. The van der Waals surface area contributed by atoms with E-state index in [-0.39, 0.29) is 11.5 Å². The molecule has 1 fully saturated rings. The van der Waals surface area contributed by atoms with Crippen LogP contribution in [0.2, 0.25) is 0 Å². The molecule has 1 saturated carbocycles. The maximum Gasteiger partial charge on any atom is 0.320 e. The molecule has 0 radical (unpaired) electrons. The Morgan fingerprint density at radius 1 is 1.41 bits per heavy atom. The highest BCUT2D eigenvalue weighted by atomic mass is 19.3. The fourth-order valence-corrected chi connectivity index (χ4v) is 2.12. The lowest BCUT2D eigenvalue weighted by molar-refractivity contribution is -0.142. The van der Waals surface area contributed by atoms with Crippen LogP contribution in [0.1, 0.15) is 37.3 Å². The number of carbonyl (C=O) groups is 1. The van der Waals surface area contributed by atoms with Crippen molar-refractivity contribution in [2.24, 2.45) is 0 Å². The lowest BCUT2D eigenvalue weighted by atomic mass is 9.91. The monoisotopic (exact) mass is 240 g/mol. The molecule has 2 rings (SSSR count). The summed E-state index contributed by atoms with van der Waals surface area (Å²) in [5, 5.41) is 9.04. The number of carboxylic acids is 1. The zero-order chi connectivity index (χ0) is 12.8. The smallest absolute Gasteiger partial charge is 0.320 e. The van der Waals surface area contributed by atoms with Crippen LogP contribution in [0.5, 0.6) is 0 Å². The molecule has 1 aliphatic carbocycles. The number of hydrogen-bond donors (Lipinski definition) is 1. The van der Waals surface area contributed by atoms with E-state index >= 15 is 0 Å². The zero-order valence-corrected chi connectivity index (χ0v) is 9.71. The van der Waals surface area contributed by atoms with Crippen molar-refractivity contribution in [3.05, 3.63) is 35.4 Å². The van der Waals surface area contributed by atoms with Crippen molar-refractivity contribution in [1.29, 1.82) is 0 Å². The van der Waals surface area contributed by atoms with Gasteiger partial charge < -0.3 is 5.11 Å². The number of alkyl halides is 2. The van der Waals surface area contributed by atoms with Crippen LogP contribution in [0.15, 0.2) is 24.3 Å². The minimum Gasteiger partial charge on any atom is -0.480 e. The summed E-state index contributed by atoms with van der Waals surface area (Å²) in [4.78, 5) is 11.1. The highest BCUT2D eigenvalue weighted by Gasteiger charge is 2.77. The maximum absolute atomic E-state index is 13.3. The summed E-state index contributed by atoms with van der Waals surface area (Å²) in [7, 11) is 0. The Kier molecular flexibility index (Phi) is 2.49. The molecule has 1 unspecified atom stereocenters. The van der Waals surface area contributed by atoms with E-state index in [4.69, 9.17) is 5.11 Å². The molecule has 1 N–H and O–H groups in total. The first-order valence-corrected chi connectivity index (χ1v) is 5.53. The SMILES string of the molecule is CC(C)c1cccc(C2(C(=O)O)CC2(F)F)c1. The first-order chi connectivity index (χ1) is 7.81. The number of benzene rings is 1. The summed E-state index contributed by atoms with van der Waals surface area (Å²) in [6.07, 6.45) is -0.600. The van der Waals surface area contributed by atoms with E-state index in [0.29, 0.717) is 0 Å². The van der Waals surface area contributed by atoms with Crippen LogP contribution >= 0.6 is 0 Å². The van der Waals surface area contributed by atoms with Crippen molar-refractivity contribution < 1.29 is 18.7 Å². The van der Waals surface area contributed by atoms with E-state index in [9.17, 15) is 13.6 Å². The van der Waals surface area contributed by atoms with Crippen LogP contribution in [0, 0.1) is 0 Å². The largest absolute Gasteiger partial charge is 0.480 e. The summed E-state index contributed by atoms with van der Waals surface area (Å²) in [6.45, 7) is 3.88. The molecule has 0 heterocycles. The molecule has 1 aromatic rings. The van der Waals surface area contributed by atoms with Gasteiger partial charge in [0.15, 0.2) is 5.41 Å². The molecule has 1 atom stereocenters. The van der Waals surface area contributed by atoms with Crippen molar-refractivity contribution in [3.8, 4) is 0 Å². The van der Waals surface area contributed by atoms with Gasteiger partial charge in [0.25, 0.3) is 5.92 Å². The molecule has 0 saturated heterocycles. The molecule has 0 spiro atoms. The number of hydrogen-bond acceptors (Lipinski definition) is 1. The quantitative estimate of drug-likeness (QED) is 0.881. The van der Waals surface area contributed by atoms with Crippen molar-refractivity contribution in [1.82, 2.24) is 0 Å². The Morgan fingerprint density at radius 3 is 2.41 bits per heavy atom. The van der Waals surface area contributed by atoms with Crippen LogP contribution < -0.4 is 0 Å². The van der Waals surface area contributed by atoms with E-state index < -0.39 is 23.7 Å². The highest BCUT2D eigenvalue weighted by Crippen LogP contribution is 2.61. The summed E-state index contributed by atoms with van der Waals surface area (Å²) >= 11 is 0. The van der Waals surface area contributed by atoms with Crippen molar-refractivity contribution >= 4 is 5.97 Å². The molecular weight excluding hydrogens is 226 g/mol. The average Bonchev–Trinajstić information content (AvgIpc) is 2.83. The third-order valence-corrected chi connectivity index (χ3v) is 3.40. The van der Waals surface area contributed by atoms with E-state index in [1.54, 1.807) is 12.1 Å². The maximum atomic E-state index is 13.3. The molecule has 92 valence electrons. The predicted molar refractivity (Wildman–Crippen MR) is 59.4 cm³/mol. The van der Waals surface area contributed by atoms with Crippen molar-refractivity contribution in [2.75, 3.05) is 0 Å². The van der Waals surface area contributed by atoms with Crippen LogP contribution in [0.4, 0.5) is 8.78 Å². The molecule has 0 amide bonds. The van der Waals surface area contributed by atoms with Gasteiger partial charge >= 0.3 is 5.97 Å². The Balaban J connectivity index is 2.47. The fraction of sp³-hybridized carbons (Fsp3) is 0.462. The zero-order valence-electron chi connectivity index (χ0n) is 9.71. The van der Waals surface area contributed by atoms with E-state index in [1.165, 1.54) is 6.07 Å². The second kappa shape index (κ2) is 3.52. The van der Waals surface area contributed by atoms with Gasteiger partial charge in [-0.25, -0.2) is 8.78 Å². The standard InChI is InChI=1S/C13H14F2O2/c1-8(2)9-4-3-5-10(6-9)12(11(16)17)7-13(12,14)15/h3-6,8H,7H2,1-2H3,(H,16,17). The van der Waals surface area contributed by atoms with E-state index in [1.807, 2.05) is 19.9 Å². The van der Waals surface area contributed by atoms with Gasteiger partial charge in [-0.15, -0.1) is 0 Å². The molecule has 17 heavy (non-hydrogen) atoms. The van der Waals surface area contributed by atoms with Gasteiger partial charge in [0.1, 0.15) is 0 Å². The van der Waals surface area contributed by atoms with Gasteiger partial charge in [0.2, 0.25) is 0 Å². The number of aliphatic carboxylic acids is 1. The molecule has 0 aliphatic heterocycles. The van der Waals surface area contributed by atoms with Gasteiger partial charge in [0, 0.05) is 6.42 Å². The minimum atomic E-state index is -3.13. The summed E-state index contributed by atoms with van der Waals surface area (Å²) in [5.41, 5.74) is -0.912. The van der Waals surface area contributed by atoms with Gasteiger partial charge in [-0.05, 0) is 17.0 Å². The van der Waals surface area contributed by atoms with Crippen LogP contribution in [0.25, 0.3) is 0 Å². The molecule has 1 aliphatic rings. The van der Waals surface area contributed by atoms with Crippen LogP contribution in [0.3, 0.4) is 0 Å². The average molecular weight is 240 g/mol. The first kappa shape index (κ1) is 12.0. The lowest BCUT2D eigenvalue weighted by Gasteiger charge is -2.14. The van der Waals surface area contributed by atoms with Gasteiger partial charge in [-0.2, -0.15) is 0 Å². The second-order valence-electron chi connectivity index (χ2n) is 4.87. The number of carboxylic acid groups (broad SMARTS) is 1. The third-order valence-electron chi connectivity index (χ3n) is 3.40.